The molecule has 4 nitrogen and oxygen atoms in total. The molecule has 0 saturated heterocycles. The van der Waals surface area contributed by atoms with Gasteiger partial charge in [-0.05, 0) is 49.6 Å². The quantitative estimate of drug-likeness (QED) is 0.417. The molecule has 1 aromatic carbocycles. The van der Waals surface area contributed by atoms with Gasteiger partial charge in [-0.2, -0.15) is 0 Å². The first-order chi connectivity index (χ1) is 9.09. The van der Waals surface area contributed by atoms with Crippen LogP contribution in [0.2, 0.25) is 0 Å². The van der Waals surface area contributed by atoms with Crippen molar-refractivity contribution in [3.63, 3.8) is 0 Å². The van der Waals surface area contributed by atoms with Gasteiger partial charge in [0.05, 0.1) is 9.40 Å². The van der Waals surface area contributed by atoms with Crippen molar-refractivity contribution in [2.75, 3.05) is 0 Å². The second-order valence-corrected chi connectivity index (χ2v) is 6.20. The van der Waals surface area contributed by atoms with Crippen molar-refractivity contribution in [2.45, 2.75) is 10.8 Å². The first kappa shape index (κ1) is 14.5. The Morgan fingerprint density at radius 1 is 1.26 bits per heavy atom. The molecule has 2 rings (SSSR count). The number of nitrogens with zero attached hydrogens (tertiary/aromatic N) is 2. The standard InChI is InChI=1S/C12H8Br2N2O2S/c13-9-4-2-6-15-12(9)19-7-8-3-1-5-10(11(8)14)16(17)18/h1-6H,7H2. The number of rotatable bonds is 4. The minimum Gasteiger partial charge on any atom is -0.258 e. The summed E-state index contributed by atoms with van der Waals surface area (Å²) in [5, 5.41) is 11.7. The monoisotopic (exact) mass is 402 g/mol. The van der Waals surface area contributed by atoms with Gasteiger partial charge in [-0.1, -0.05) is 12.1 Å². The smallest absolute Gasteiger partial charge is 0.258 e. The van der Waals surface area contributed by atoms with E-state index in [0.29, 0.717) is 10.2 Å². The second-order valence-electron chi connectivity index (χ2n) is 3.59. The number of pyridine rings is 1. The predicted molar refractivity (Wildman–Crippen MR) is 82.3 cm³/mol. The molecule has 0 aliphatic heterocycles. The second kappa shape index (κ2) is 6.49. The summed E-state index contributed by atoms with van der Waals surface area (Å²) in [4.78, 5) is 14.7. The molecule has 1 aromatic heterocycles. The molecule has 98 valence electrons. The fourth-order valence-corrected chi connectivity index (χ4v) is 3.65. The molecule has 0 spiro atoms. The summed E-state index contributed by atoms with van der Waals surface area (Å²) in [6.45, 7) is 0. The van der Waals surface area contributed by atoms with Crippen LogP contribution in [0.4, 0.5) is 5.69 Å². The van der Waals surface area contributed by atoms with E-state index in [-0.39, 0.29) is 5.69 Å². The lowest BCUT2D eigenvalue weighted by Gasteiger charge is -2.05. The van der Waals surface area contributed by atoms with Crippen LogP contribution in [0.1, 0.15) is 5.56 Å². The molecule has 0 saturated carbocycles. The highest BCUT2D eigenvalue weighted by molar-refractivity contribution is 9.11. The van der Waals surface area contributed by atoms with E-state index in [4.69, 9.17) is 0 Å². The molecule has 0 aliphatic carbocycles. The highest BCUT2D eigenvalue weighted by atomic mass is 79.9. The van der Waals surface area contributed by atoms with Crippen LogP contribution in [0, 0.1) is 10.1 Å². The van der Waals surface area contributed by atoms with Crippen molar-refractivity contribution in [1.29, 1.82) is 0 Å². The van der Waals surface area contributed by atoms with Crippen molar-refractivity contribution >= 4 is 49.3 Å². The molecule has 19 heavy (non-hydrogen) atoms. The van der Waals surface area contributed by atoms with E-state index in [0.717, 1.165) is 15.1 Å². The van der Waals surface area contributed by atoms with Gasteiger partial charge in [0.2, 0.25) is 0 Å². The predicted octanol–water partition coefficient (Wildman–Crippen LogP) is 4.81. The maximum atomic E-state index is 10.9. The van der Waals surface area contributed by atoms with Crippen LogP contribution in [0.5, 0.6) is 0 Å². The molecule has 2 aromatic rings. The van der Waals surface area contributed by atoms with Crippen molar-refractivity contribution in [3.05, 3.63) is 61.2 Å². The largest absolute Gasteiger partial charge is 0.283 e. The Labute approximate surface area is 131 Å². The zero-order chi connectivity index (χ0) is 13.8. The summed E-state index contributed by atoms with van der Waals surface area (Å²) in [6, 6.07) is 8.79. The molecule has 0 radical (unpaired) electrons. The first-order valence-corrected chi connectivity index (χ1v) is 7.82. The normalized spacial score (nSPS) is 10.4. The third-order valence-electron chi connectivity index (χ3n) is 2.34. The van der Waals surface area contributed by atoms with E-state index in [1.807, 2.05) is 18.2 Å². The number of halogens is 2. The van der Waals surface area contributed by atoms with Crippen LogP contribution in [-0.4, -0.2) is 9.91 Å². The van der Waals surface area contributed by atoms with E-state index in [1.165, 1.54) is 17.8 Å². The lowest BCUT2D eigenvalue weighted by atomic mass is 10.2. The summed E-state index contributed by atoms with van der Waals surface area (Å²) in [7, 11) is 0. The van der Waals surface area contributed by atoms with Gasteiger partial charge in [-0.25, -0.2) is 4.98 Å². The zero-order valence-electron chi connectivity index (χ0n) is 9.55. The summed E-state index contributed by atoms with van der Waals surface area (Å²) in [5.74, 6) is 0.609. The third-order valence-corrected chi connectivity index (χ3v) is 5.22. The van der Waals surface area contributed by atoms with Gasteiger partial charge in [0.15, 0.2) is 0 Å². The minimum atomic E-state index is -0.394. The average molecular weight is 404 g/mol. The average Bonchev–Trinajstić information content (AvgIpc) is 2.39. The summed E-state index contributed by atoms with van der Waals surface area (Å²) in [6.07, 6.45) is 1.72. The molecule has 0 atom stereocenters. The van der Waals surface area contributed by atoms with Crippen LogP contribution < -0.4 is 0 Å². The van der Waals surface area contributed by atoms with Gasteiger partial charge in [0.25, 0.3) is 5.69 Å². The van der Waals surface area contributed by atoms with Crippen LogP contribution in [-0.2, 0) is 5.75 Å². The highest BCUT2D eigenvalue weighted by Gasteiger charge is 2.15. The van der Waals surface area contributed by atoms with Crippen molar-refractivity contribution in [2.24, 2.45) is 0 Å². The van der Waals surface area contributed by atoms with Crippen LogP contribution in [0.15, 0.2) is 50.5 Å². The van der Waals surface area contributed by atoms with Gasteiger partial charge in [-0.15, -0.1) is 11.8 Å². The van der Waals surface area contributed by atoms with Gasteiger partial charge < -0.3 is 0 Å². The Balaban J connectivity index is 2.19. The molecule has 7 heteroatoms. The molecule has 0 N–H and O–H groups in total. The van der Waals surface area contributed by atoms with E-state index in [1.54, 1.807) is 12.3 Å². The maximum absolute atomic E-state index is 10.9. The fraction of sp³-hybridized carbons (Fsp3) is 0.0833. The Morgan fingerprint density at radius 3 is 2.74 bits per heavy atom. The van der Waals surface area contributed by atoms with Crippen LogP contribution >= 0.6 is 43.6 Å². The summed E-state index contributed by atoms with van der Waals surface area (Å²) in [5.41, 5.74) is 0.954. The van der Waals surface area contributed by atoms with E-state index < -0.39 is 4.92 Å². The van der Waals surface area contributed by atoms with Crippen molar-refractivity contribution < 1.29 is 4.92 Å². The number of hydrogen-bond acceptors (Lipinski definition) is 4. The molecule has 1 heterocycles. The highest BCUT2D eigenvalue weighted by Crippen LogP contribution is 2.34. The Hall–Kier alpha value is -0.920. The number of hydrogen-bond donors (Lipinski definition) is 0. The number of nitro groups is 1. The van der Waals surface area contributed by atoms with Gasteiger partial charge in [0.1, 0.15) is 5.03 Å². The molecule has 0 aliphatic rings. The van der Waals surface area contributed by atoms with Gasteiger partial charge >= 0.3 is 0 Å². The van der Waals surface area contributed by atoms with Crippen molar-refractivity contribution in [1.82, 2.24) is 4.98 Å². The Kier molecular flexibility index (Phi) is 4.95. The van der Waals surface area contributed by atoms with Crippen LogP contribution in [0.25, 0.3) is 0 Å². The van der Waals surface area contributed by atoms with Gasteiger partial charge in [0, 0.05) is 22.5 Å². The van der Waals surface area contributed by atoms with E-state index in [9.17, 15) is 10.1 Å². The Bertz CT molecular complexity index is 622. The summed E-state index contributed by atoms with van der Waals surface area (Å²) < 4.78 is 1.45. The topological polar surface area (TPSA) is 56.0 Å². The summed E-state index contributed by atoms with van der Waals surface area (Å²) >= 11 is 8.23. The van der Waals surface area contributed by atoms with E-state index in [2.05, 4.69) is 36.8 Å². The molecule has 0 fully saturated rings. The minimum absolute atomic E-state index is 0.0817. The fourth-order valence-electron chi connectivity index (χ4n) is 1.44. The first-order valence-electron chi connectivity index (χ1n) is 5.24. The van der Waals surface area contributed by atoms with Gasteiger partial charge in [-0.3, -0.25) is 10.1 Å². The Morgan fingerprint density at radius 2 is 2.05 bits per heavy atom. The lowest BCUT2D eigenvalue weighted by Crippen LogP contribution is -1.93. The molecule has 0 amide bonds. The maximum Gasteiger partial charge on any atom is 0.283 e. The molecule has 0 unspecified atom stereocenters. The van der Waals surface area contributed by atoms with Crippen LogP contribution in [0.3, 0.4) is 0 Å². The molecular weight excluding hydrogens is 396 g/mol. The lowest BCUT2D eigenvalue weighted by molar-refractivity contribution is -0.385. The van der Waals surface area contributed by atoms with E-state index >= 15 is 0 Å². The number of aromatic nitrogens is 1. The third kappa shape index (κ3) is 3.55. The number of thioether (sulfide) groups is 1. The molecular formula is C12H8Br2N2O2S. The molecule has 0 bridgehead atoms. The number of nitro benzene ring substituents is 1. The zero-order valence-corrected chi connectivity index (χ0v) is 13.5. The number of benzene rings is 1. The SMILES string of the molecule is O=[N+]([O-])c1cccc(CSc2ncccc2Br)c1Br. The van der Waals surface area contributed by atoms with Crippen molar-refractivity contribution in [3.8, 4) is 0 Å².